The molecule has 0 spiro atoms. The number of amides is 1. The highest BCUT2D eigenvalue weighted by Gasteiger charge is 2.40. The number of hydrogen-bond acceptors (Lipinski definition) is 6. The van der Waals surface area contributed by atoms with E-state index in [2.05, 4.69) is 26.7 Å². The first kappa shape index (κ1) is 21.6. The molecule has 3 rings (SSSR count). The van der Waals surface area contributed by atoms with Crippen LogP contribution in [0.4, 0.5) is 0 Å². The van der Waals surface area contributed by atoms with E-state index in [1.54, 1.807) is 19.3 Å². The lowest BCUT2D eigenvalue weighted by molar-refractivity contribution is -0.127. The van der Waals surface area contributed by atoms with Gasteiger partial charge >= 0.3 is 0 Å². The number of rotatable bonds is 8. The van der Waals surface area contributed by atoms with E-state index in [-0.39, 0.29) is 5.91 Å². The zero-order valence-electron chi connectivity index (χ0n) is 18.6. The summed E-state index contributed by atoms with van der Waals surface area (Å²) >= 11 is 0. The number of hydrogen-bond donors (Lipinski definition) is 1. The minimum absolute atomic E-state index is 0.156. The molecule has 2 heterocycles. The molecule has 30 heavy (non-hydrogen) atoms. The average Bonchev–Trinajstić information content (AvgIpc) is 3.27. The maximum atomic E-state index is 11.6. The summed E-state index contributed by atoms with van der Waals surface area (Å²) in [6, 6.07) is 2.05. The lowest BCUT2D eigenvalue weighted by Crippen LogP contribution is -2.21. The first-order valence-corrected chi connectivity index (χ1v) is 10.1. The van der Waals surface area contributed by atoms with E-state index >= 15 is 0 Å². The molecule has 1 aliphatic carbocycles. The summed E-state index contributed by atoms with van der Waals surface area (Å²) in [5.74, 6) is 1.08. The highest BCUT2D eigenvalue weighted by molar-refractivity contribution is 5.88. The van der Waals surface area contributed by atoms with Gasteiger partial charge < -0.3 is 10.1 Å². The molecule has 0 aliphatic heterocycles. The minimum Gasteiger partial charge on any atom is -0.476 e. The summed E-state index contributed by atoms with van der Waals surface area (Å²) in [5, 5.41) is 17.7. The van der Waals surface area contributed by atoms with Crippen LogP contribution in [0.3, 0.4) is 0 Å². The van der Waals surface area contributed by atoms with Gasteiger partial charge in [0.1, 0.15) is 0 Å². The number of ether oxygens (including phenoxy) is 1. The van der Waals surface area contributed by atoms with Crippen molar-refractivity contribution >= 4 is 11.8 Å². The fourth-order valence-electron chi connectivity index (χ4n) is 3.31. The average molecular weight is 414 g/mol. The number of hydrazone groups is 1. The van der Waals surface area contributed by atoms with Gasteiger partial charge in [0.15, 0.2) is 0 Å². The molecule has 0 radical (unpaired) electrons. The van der Waals surface area contributed by atoms with Crippen LogP contribution in [0, 0.1) is 19.8 Å². The van der Waals surface area contributed by atoms with Crippen LogP contribution in [-0.4, -0.2) is 50.0 Å². The predicted octanol–water partition coefficient (Wildman–Crippen LogP) is 1.99. The normalized spacial score (nSPS) is 18.7. The fraction of sp³-hybridized carbons (Fsp3) is 0.524. The molecule has 0 unspecified atom stereocenters. The highest BCUT2D eigenvalue weighted by atomic mass is 16.5. The molecule has 2 aromatic rings. The molecule has 2 atom stereocenters. The third-order valence-corrected chi connectivity index (χ3v) is 5.47. The maximum Gasteiger partial charge on any atom is 0.239 e. The number of carbonyl (C=O) groups is 1. The van der Waals surface area contributed by atoms with Gasteiger partial charge in [-0.25, -0.2) is 5.01 Å². The minimum atomic E-state index is -0.156. The molecule has 0 saturated heterocycles. The summed E-state index contributed by atoms with van der Waals surface area (Å²) in [7, 11) is 5.48. The Morgan fingerprint density at radius 2 is 2.17 bits per heavy atom. The van der Waals surface area contributed by atoms with E-state index in [4.69, 9.17) is 4.74 Å². The van der Waals surface area contributed by atoms with Crippen LogP contribution in [0.15, 0.2) is 29.6 Å². The van der Waals surface area contributed by atoms with Crippen LogP contribution in [-0.2, 0) is 30.2 Å². The smallest absolute Gasteiger partial charge is 0.239 e. The summed E-state index contributed by atoms with van der Waals surface area (Å²) in [4.78, 5) is 11.6. The Balaban J connectivity index is 1.57. The van der Waals surface area contributed by atoms with Crippen LogP contribution in [0.1, 0.15) is 41.9 Å². The molecule has 0 bridgehead atoms. The van der Waals surface area contributed by atoms with Gasteiger partial charge in [-0.2, -0.15) is 10.2 Å². The van der Waals surface area contributed by atoms with Crippen molar-refractivity contribution in [1.82, 2.24) is 29.9 Å². The van der Waals surface area contributed by atoms with Crippen molar-refractivity contribution in [2.75, 3.05) is 13.7 Å². The van der Waals surface area contributed by atoms with E-state index in [1.165, 1.54) is 17.5 Å². The van der Waals surface area contributed by atoms with E-state index in [0.717, 1.165) is 23.5 Å². The Bertz CT molecular complexity index is 957. The molecule has 2 aromatic heterocycles. The van der Waals surface area contributed by atoms with Crippen molar-refractivity contribution < 1.29 is 9.53 Å². The molecular formula is C21H31N7O2. The van der Waals surface area contributed by atoms with Gasteiger partial charge in [-0.05, 0) is 26.3 Å². The first-order valence-electron chi connectivity index (χ1n) is 10.1. The van der Waals surface area contributed by atoms with Crippen LogP contribution in [0.25, 0.3) is 0 Å². The van der Waals surface area contributed by atoms with Crippen LogP contribution >= 0.6 is 0 Å². The lowest BCUT2D eigenvalue weighted by Gasteiger charge is -2.11. The number of aromatic nitrogens is 4. The molecule has 1 fully saturated rings. The first-order chi connectivity index (χ1) is 14.3. The Hall–Kier alpha value is -3.10. The van der Waals surface area contributed by atoms with Crippen molar-refractivity contribution in [2.24, 2.45) is 25.1 Å². The molecular weight excluding hydrogens is 382 g/mol. The molecule has 9 nitrogen and oxygen atoms in total. The number of carbonyl (C=O) groups excluding carboxylic acids is 1. The fourth-order valence-corrected chi connectivity index (χ4v) is 3.31. The summed E-state index contributed by atoms with van der Waals surface area (Å²) in [5.41, 5.74) is 4.40. The zero-order valence-corrected chi connectivity index (χ0v) is 18.6. The standard InChI is InChI=1S/C21H31N7O2/c1-14-19(15(2)27(5)23-14)12-22-9-7-21(25-28(6)16(3)29)30-13-17-11-18(17)20-8-10-26(4)24-20/h7-10,17-18,22H,11-13H2,1-6H3/b9-7+,25-21+/t17-,18+/m1/s1. The molecule has 0 aromatic carbocycles. The van der Waals surface area contributed by atoms with Crippen molar-refractivity contribution in [1.29, 1.82) is 0 Å². The Labute approximate surface area is 177 Å². The third-order valence-electron chi connectivity index (χ3n) is 5.47. The molecule has 1 amide bonds. The highest BCUT2D eigenvalue weighted by Crippen LogP contribution is 2.46. The van der Waals surface area contributed by atoms with Gasteiger partial charge in [0.25, 0.3) is 0 Å². The zero-order chi connectivity index (χ0) is 21.8. The molecule has 1 aliphatic rings. The Morgan fingerprint density at radius 1 is 1.40 bits per heavy atom. The molecule has 162 valence electrons. The maximum absolute atomic E-state index is 11.6. The van der Waals surface area contributed by atoms with Gasteiger partial charge in [-0.1, -0.05) is 0 Å². The summed E-state index contributed by atoms with van der Waals surface area (Å²) in [6.45, 7) is 6.71. The SMILES string of the molecule is CC(=O)N(C)/N=C(\C=C\NCc1c(C)nn(C)c1C)OC[C@H]1C[C@@H]1c1ccn(C)n1. The van der Waals surface area contributed by atoms with Crippen molar-refractivity contribution in [3.8, 4) is 0 Å². The summed E-state index contributed by atoms with van der Waals surface area (Å²) in [6.07, 6.45) is 6.55. The lowest BCUT2D eigenvalue weighted by atomic mass is 10.2. The Kier molecular flexibility index (Phi) is 6.59. The van der Waals surface area contributed by atoms with E-state index in [9.17, 15) is 4.79 Å². The topological polar surface area (TPSA) is 89.6 Å². The number of nitrogens with zero attached hydrogens (tertiary/aromatic N) is 6. The molecule has 1 saturated carbocycles. The van der Waals surface area contributed by atoms with E-state index < -0.39 is 0 Å². The largest absolute Gasteiger partial charge is 0.476 e. The second-order valence-electron chi connectivity index (χ2n) is 7.80. The summed E-state index contributed by atoms with van der Waals surface area (Å²) < 4.78 is 9.62. The predicted molar refractivity (Wildman–Crippen MR) is 115 cm³/mol. The van der Waals surface area contributed by atoms with Crippen LogP contribution < -0.4 is 5.32 Å². The van der Waals surface area contributed by atoms with Crippen LogP contribution in [0.2, 0.25) is 0 Å². The third kappa shape index (κ3) is 5.28. The van der Waals surface area contributed by atoms with Gasteiger partial charge in [-0.15, -0.1) is 5.10 Å². The number of aryl methyl sites for hydroxylation is 3. The van der Waals surface area contributed by atoms with Crippen molar-refractivity contribution in [2.45, 2.75) is 39.7 Å². The van der Waals surface area contributed by atoms with E-state index in [0.29, 0.717) is 30.9 Å². The second kappa shape index (κ2) is 9.15. The van der Waals surface area contributed by atoms with Gasteiger partial charge in [0, 0.05) is 76.2 Å². The van der Waals surface area contributed by atoms with Gasteiger partial charge in [-0.3, -0.25) is 14.2 Å². The Morgan fingerprint density at radius 3 is 2.77 bits per heavy atom. The molecule has 1 N–H and O–H groups in total. The van der Waals surface area contributed by atoms with Gasteiger partial charge in [0.05, 0.1) is 18.0 Å². The van der Waals surface area contributed by atoms with Crippen molar-refractivity contribution in [3.05, 3.63) is 47.2 Å². The quantitative estimate of drug-likeness (QED) is 0.406. The van der Waals surface area contributed by atoms with Crippen molar-refractivity contribution in [3.63, 3.8) is 0 Å². The van der Waals surface area contributed by atoms with Crippen LogP contribution in [0.5, 0.6) is 0 Å². The van der Waals surface area contributed by atoms with E-state index in [1.807, 2.05) is 43.5 Å². The number of nitrogens with one attached hydrogen (secondary N) is 1. The van der Waals surface area contributed by atoms with Gasteiger partial charge in [0.2, 0.25) is 11.8 Å². The monoisotopic (exact) mass is 413 g/mol. The second-order valence-corrected chi connectivity index (χ2v) is 7.80. The molecule has 9 heteroatoms.